The van der Waals surface area contributed by atoms with Crippen molar-refractivity contribution in [3.05, 3.63) is 23.3 Å². The van der Waals surface area contributed by atoms with Crippen LogP contribution in [-0.4, -0.2) is 4.98 Å². The van der Waals surface area contributed by atoms with Gasteiger partial charge in [0.15, 0.2) is 5.13 Å². The number of aromatic nitrogens is 1. The van der Waals surface area contributed by atoms with Crippen LogP contribution in [0.25, 0.3) is 10.2 Å². The number of hydrogen-bond acceptors (Lipinski definition) is 3. The molecule has 2 rings (SSSR count). The molecule has 1 aromatic carbocycles. The van der Waals surface area contributed by atoms with Crippen LogP contribution in [0.1, 0.15) is 11.1 Å². The van der Waals surface area contributed by atoms with Crippen molar-refractivity contribution in [1.82, 2.24) is 4.98 Å². The predicted octanol–water partition coefficient (Wildman–Crippen LogP) is 2.30. The van der Waals surface area contributed by atoms with Crippen molar-refractivity contribution >= 4 is 26.7 Å². The Balaban J connectivity index is 2.83. The Hall–Kier alpha value is -1.09. The maximum absolute atomic E-state index is 5.58. The fourth-order valence-corrected chi connectivity index (χ4v) is 1.91. The van der Waals surface area contributed by atoms with Gasteiger partial charge < -0.3 is 5.73 Å². The smallest absolute Gasteiger partial charge is 0.181 e. The minimum absolute atomic E-state index is 0.617. The van der Waals surface area contributed by atoms with Gasteiger partial charge in [0.05, 0.1) is 10.2 Å². The number of thiazole rings is 1. The molecule has 0 atom stereocenters. The van der Waals surface area contributed by atoms with E-state index in [0.29, 0.717) is 5.13 Å². The van der Waals surface area contributed by atoms with E-state index in [0.717, 1.165) is 15.8 Å². The van der Waals surface area contributed by atoms with Crippen molar-refractivity contribution in [3.63, 3.8) is 0 Å². The van der Waals surface area contributed by atoms with Crippen LogP contribution in [0.2, 0.25) is 0 Å². The molecule has 2 N–H and O–H groups in total. The van der Waals surface area contributed by atoms with E-state index in [1.807, 2.05) is 6.92 Å². The topological polar surface area (TPSA) is 38.9 Å². The molecule has 12 heavy (non-hydrogen) atoms. The van der Waals surface area contributed by atoms with Gasteiger partial charge in [-0.2, -0.15) is 0 Å². The molecule has 0 saturated heterocycles. The number of fused-ring (bicyclic) bond motifs is 1. The zero-order valence-corrected chi connectivity index (χ0v) is 7.83. The van der Waals surface area contributed by atoms with Gasteiger partial charge in [0.25, 0.3) is 0 Å². The van der Waals surface area contributed by atoms with Gasteiger partial charge in [0, 0.05) is 6.07 Å². The van der Waals surface area contributed by atoms with Crippen molar-refractivity contribution in [3.8, 4) is 0 Å². The molecule has 2 aromatic rings. The number of hydrogen-bond donors (Lipinski definition) is 1. The summed E-state index contributed by atoms with van der Waals surface area (Å²) in [5.41, 5.74) is 8.86. The molecule has 2 nitrogen and oxygen atoms in total. The molecule has 0 unspecified atom stereocenters. The number of nitrogens with two attached hydrogens (primary N) is 1. The molecular formula is C9H9N2S. The standard InChI is InChI=1S/C9H9N2S/c1-5-3-7-8(4-6(5)2)12-9(10)11-7/h4H,1-2H3,(H2,10,11). The lowest BCUT2D eigenvalue weighted by Crippen LogP contribution is -1.81. The van der Waals surface area contributed by atoms with Crippen molar-refractivity contribution in [1.29, 1.82) is 0 Å². The van der Waals surface area contributed by atoms with Gasteiger partial charge in [0.2, 0.25) is 0 Å². The number of anilines is 1. The minimum atomic E-state index is 0.617. The van der Waals surface area contributed by atoms with E-state index < -0.39 is 0 Å². The molecule has 0 saturated carbocycles. The highest BCUT2D eigenvalue weighted by molar-refractivity contribution is 7.22. The fourth-order valence-electron chi connectivity index (χ4n) is 1.12. The lowest BCUT2D eigenvalue weighted by Gasteiger charge is -1.96. The quantitative estimate of drug-likeness (QED) is 0.670. The molecule has 1 radical (unpaired) electrons. The van der Waals surface area contributed by atoms with Crippen LogP contribution in [0.4, 0.5) is 5.13 Å². The van der Waals surface area contributed by atoms with Crippen LogP contribution in [0, 0.1) is 19.9 Å². The Morgan fingerprint density at radius 2 is 2.25 bits per heavy atom. The molecule has 0 aliphatic rings. The lowest BCUT2D eigenvalue weighted by atomic mass is 10.1. The molecule has 61 valence electrons. The second-order valence-electron chi connectivity index (χ2n) is 2.84. The van der Waals surface area contributed by atoms with E-state index in [4.69, 9.17) is 5.73 Å². The lowest BCUT2D eigenvalue weighted by molar-refractivity contribution is 1.35. The number of nitrogen functional groups attached to an aromatic ring is 1. The van der Waals surface area contributed by atoms with E-state index in [-0.39, 0.29) is 0 Å². The Morgan fingerprint density at radius 3 is 3.00 bits per heavy atom. The molecule has 0 fully saturated rings. The van der Waals surface area contributed by atoms with Crippen molar-refractivity contribution < 1.29 is 0 Å². The maximum Gasteiger partial charge on any atom is 0.181 e. The third-order valence-electron chi connectivity index (χ3n) is 1.91. The monoisotopic (exact) mass is 177 g/mol. The first kappa shape index (κ1) is 7.55. The normalized spacial score (nSPS) is 10.8. The van der Waals surface area contributed by atoms with Gasteiger partial charge in [-0.25, -0.2) is 4.98 Å². The van der Waals surface area contributed by atoms with Crippen LogP contribution >= 0.6 is 11.3 Å². The average Bonchev–Trinajstić information content (AvgIpc) is 2.30. The summed E-state index contributed by atoms with van der Waals surface area (Å²) in [6.07, 6.45) is 0. The molecule has 0 amide bonds. The zero-order valence-electron chi connectivity index (χ0n) is 7.01. The SMILES string of the molecule is Cc1[c]c2nc(N)sc2cc1C. The molecule has 0 spiro atoms. The number of aryl methyl sites for hydroxylation is 2. The summed E-state index contributed by atoms with van der Waals surface area (Å²) in [5, 5.41) is 0.617. The van der Waals surface area contributed by atoms with Crippen LogP contribution in [0.3, 0.4) is 0 Å². The second-order valence-corrected chi connectivity index (χ2v) is 3.90. The van der Waals surface area contributed by atoms with Crippen LogP contribution in [0.5, 0.6) is 0 Å². The summed E-state index contributed by atoms with van der Waals surface area (Å²) < 4.78 is 1.12. The Morgan fingerprint density at radius 1 is 1.50 bits per heavy atom. The maximum atomic E-state index is 5.58. The molecule has 1 aromatic heterocycles. The van der Waals surface area contributed by atoms with Gasteiger partial charge in [-0.05, 0) is 31.0 Å². The van der Waals surface area contributed by atoms with E-state index in [2.05, 4.69) is 24.0 Å². The molecular weight excluding hydrogens is 168 g/mol. The molecule has 0 aliphatic carbocycles. The molecule has 0 bridgehead atoms. The fraction of sp³-hybridized carbons (Fsp3) is 0.222. The van der Waals surface area contributed by atoms with Gasteiger partial charge in [-0.1, -0.05) is 11.3 Å². The third kappa shape index (κ3) is 1.06. The highest BCUT2D eigenvalue weighted by Gasteiger charge is 2.02. The van der Waals surface area contributed by atoms with E-state index in [1.54, 1.807) is 0 Å². The first-order valence-corrected chi connectivity index (χ1v) is 4.54. The van der Waals surface area contributed by atoms with Gasteiger partial charge >= 0.3 is 0 Å². The van der Waals surface area contributed by atoms with Crippen LogP contribution in [0.15, 0.2) is 6.07 Å². The van der Waals surface area contributed by atoms with Gasteiger partial charge in [-0.3, -0.25) is 0 Å². The van der Waals surface area contributed by atoms with Crippen LogP contribution < -0.4 is 5.73 Å². The van der Waals surface area contributed by atoms with Gasteiger partial charge in [0.1, 0.15) is 0 Å². The summed E-state index contributed by atoms with van der Waals surface area (Å²) in [5.74, 6) is 0. The highest BCUT2D eigenvalue weighted by atomic mass is 32.1. The predicted molar refractivity (Wildman–Crippen MR) is 52.3 cm³/mol. The number of benzene rings is 1. The van der Waals surface area contributed by atoms with E-state index in [1.165, 1.54) is 16.9 Å². The molecule has 1 heterocycles. The zero-order chi connectivity index (χ0) is 8.72. The average molecular weight is 177 g/mol. The first-order valence-electron chi connectivity index (χ1n) is 3.72. The highest BCUT2D eigenvalue weighted by Crippen LogP contribution is 2.25. The summed E-state index contributed by atoms with van der Waals surface area (Å²) in [7, 11) is 0. The first-order chi connectivity index (χ1) is 5.66. The Labute approximate surface area is 75.0 Å². The Kier molecular flexibility index (Phi) is 1.54. The minimum Gasteiger partial charge on any atom is -0.375 e. The summed E-state index contributed by atoms with van der Waals surface area (Å²) in [4.78, 5) is 4.16. The third-order valence-corrected chi connectivity index (χ3v) is 2.75. The largest absolute Gasteiger partial charge is 0.375 e. The van der Waals surface area contributed by atoms with Crippen LogP contribution in [-0.2, 0) is 0 Å². The molecule has 3 heteroatoms. The summed E-state index contributed by atoms with van der Waals surface area (Å²) >= 11 is 1.51. The summed E-state index contributed by atoms with van der Waals surface area (Å²) in [6.45, 7) is 4.10. The van der Waals surface area contributed by atoms with Gasteiger partial charge in [-0.15, -0.1) is 0 Å². The summed E-state index contributed by atoms with van der Waals surface area (Å²) in [6, 6.07) is 5.30. The molecule has 0 aliphatic heterocycles. The van der Waals surface area contributed by atoms with Crippen molar-refractivity contribution in [2.75, 3.05) is 5.73 Å². The van der Waals surface area contributed by atoms with E-state index in [9.17, 15) is 0 Å². The number of rotatable bonds is 0. The van der Waals surface area contributed by atoms with E-state index >= 15 is 0 Å². The van der Waals surface area contributed by atoms with Crippen molar-refractivity contribution in [2.45, 2.75) is 13.8 Å². The Bertz CT molecular complexity index is 392. The second kappa shape index (κ2) is 2.45. The van der Waals surface area contributed by atoms with Crippen molar-refractivity contribution in [2.24, 2.45) is 0 Å². The number of nitrogens with zero attached hydrogens (tertiary/aromatic N) is 1.